The van der Waals surface area contributed by atoms with Gasteiger partial charge in [-0.05, 0) is 12.0 Å². The molecule has 1 N–H and O–H groups in total. The minimum atomic E-state index is -0.369. The molecule has 0 saturated carbocycles. The first-order chi connectivity index (χ1) is 8.83. The van der Waals surface area contributed by atoms with E-state index in [9.17, 15) is 4.79 Å². The second kappa shape index (κ2) is 9.48. The van der Waals surface area contributed by atoms with Crippen LogP contribution in [0.3, 0.4) is 0 Å². The minimum absolute atomic E-state index is 0.369. The molecule has 0 aliphatic heterocycles. The van der Waals surface area contributed by atoms with Gasteiger partial charge in [-0.15, -0.1) is 0 Å². The zero-order valence-electron chi connectivity index (χ0n) is 10.9. The summed E-state index contributed by atoms with van der Waals surface area (Å²) >= 11 is 0. The second-order valence-electron chi connectivity index (χ2n) is 3.95. The molecule has 0 bridgehead atoms. The van der Waals surface area contributed by atoms with Crippen LogP contribution in [0.1, 0.15) is 25.3 Å². The quantitative estimate of drug-likeness (QED) is 0.723. The monoisotopic (exact) mass is 251 g/mol. The normalized spacial score (nSPS) is 10.1. The molecule has 4 nitrogen and oxygen atoms in total. The van der Waals surface area contributed by atoms with Crippen molar-refractivity contribution in [2.45, 2.75) is 26.4 Å². The first kappa shape index (κ1) is 14.5. The van der Waals surface area contributed by atoms with Crippen molar-refractivity contribution in [2.75, 3.05) is 19.8 Å². The molecule has 0 spiro atoms. The van der Waals surface area contributed by atoms with E-state index in [2.05, 4.69) is 12.2 Å². The van der Waals surface area contributed by atoms with Gasteiger partial charge in [0.15, 0.2) is 0 Å². The summed E-state index contributed by atoms with van der Waals surface area (Å²) in [5, 5.41) is 2.64. The molecule has 18 heavy (non-hydrogen) atoms. The molecule has 4 heteroatoms. The Hall–Kier alpha value is -1.55. The fourth-order valence-corrected chi connectivity index (χ4v) is 1.35. The van der Waals surface area contributed by atoms with Crippen LogP contribution in [0.5, 0.6) is 0 Å². The SMILES string of the molecule is CCCCOC(=O)NCCOCc1ccccc1. The number of carbonyl (C=O) groups excluding carboxylic acids is 1. The molecule has 0 fully saturated rings. The van der Waals surface area contributed by atoms with Gasteiger partial charge in [-0.25, -0.2) is 4.79 Å². The number of alkyl carbamates (subject to hydrolysis) is 1. The van der Waals surface area contributed by atoms with E-state index in [0.29, 0.717) is 26.4 Å². The van der Waals surface area contributed by atoms with E-state index in [4.69, 9.17) is 9.47 Å². The summed E-state index contributed by atoms with van der Waals surface area (Å²) in [7, 11) is 0. The Morgan fingerprint density at radius 2 is 2.00 bits per heavy atom. The van der Waals surface area contributed by atoms with Crippen molar-refractivity contribution < 1.29 is 14.3 Å². The topological polar surface area (TPSA) is 47.6 Å². The third kappa shape index (κ3) is 6.91. The van der Waals surface area contributed by atoms with Crippen LogP contribution in [-0.2, 0) is 16.1 Å². The number of benzene rings is 1. The molecule has 0 heterocycles. The number of hydrogen-bond donors (Lipinski definition) is 1. The van der Waals surface area contributed by atoms with Gasteiger partial charge in [0, 0.05) is 6.54 Å². The standard InChI is InChI=1S/C14H21NO3/c1-2-3-10-18-14(16)15-9-11-17-12-13-7-5-4-6-8-13/h4-8H,2-3,9-12H2,1H3,(H,15,16). The Labute approximate surface area is 108 Å². The van der Waals surface area contributed by atoms with Crippen LogP contribution >= 0.6 is 0 Å². The molecule has 0 unspecified atom stereocenters. The fourth-order valence-electron chi connectivity index (χ4n) is 1.35. The highest BCUT2D eigenvalue weighted by molar-refractivity contribution is 5.66. The van der Waals surface area contributed by atoms with Crippen LogP contribution < -0.4 is 5.32 Å². The zero-order chi connectivity index (χ0) is 13.1. The Morgan fingerprint density at radius 1 is 1.22 bits per heavy atom. The number of ether oxygens (including phenoxy) is 2. The van der Waals surface area contributed by atoms with Crippen LogP contribution in [0.25, 0.3) is 0 Å². The lowest BCUT2D eigenvalue weighted by atomic mass is 10.2. The molecule has 0 aromatic heterocycles. The third-order valence-electron chi connectivity index (χ3n) is 2.36. The maximum Gasteiger partial charge on any atom is 0.407 e. The first-order valence-electron chi connectivity index (χ1n) is 6.35. The number of hydrogen-bond acceptors (Lipinski definition) is 3. The lowest BCUT2D eigenvalue weighted by molar-refractivity contribution is 0.113. The molecule has 1 aromatic carbocycles. The van der Waals surface area contributed by atoms with Crippen LogP contribution in [0.2, 0.25) is 0 Å². The van der Waals surface area contributed by atoms with E-state index in [1.165, 1.54) is 0 Å². The Bertz CT molecular complexity index is 327. The molecular formula is C14H21NO3. The first-order valence-corrected chi connectivity index (χ1v) is 6.35. The Balaban J connectivity index is 1.97. The highest BCUT2D eigenvalue weighted by Gasteiger charge is 1.99. The number of unbranched alkanes of at least 4 members (excludes halogenated alkanes) is 1. The summed E-state index contributed by atoms with van der Waals surface area (Å²) in [6, 6.07) is 9.93. The van der Waals surface area contributed by atoms with Gasteiger partial charge >= 0.3 is 6.09 Å². The summed E-state index contributed by atoms with van der Waals surface area (Å²) in [6.07, 6.45) is 1.55. The van der Waals surface area contributed by atoms with Gasteiger partial charge in [0.25, 0.3) is 0 Å². The number of rotatable bonds is 8. The van der Waals surface area contributed by atoms with Crippen molar-refractivity contribution in [1.29, 1.82) is 0 Å². The largest absolute Gasteiger partial charge is 0.450 e. The molecule has 100 valence electrons. The summed E-state index contributed by atoms with van der Waals surface area (Å²) in [5.41, 5.74) is 1.13. The predicted octanol–water partition coefficient (Wildman–Crippen LogP) is 2.73. The molecule has 0 atom stereocenters. The summed E-state index contributed by atoms with van der Waals surface area (Å²) in [6.45, 7) is 4.05. The van der Waals surface area contributed by atoms with E-state index < -0.39 is 0 Å². The fraction of sp³-hybridized carbons (Fsp3) is 0.500. The van der Waals surface area contributed by atoms with Crippen molar-refractivity contribution >= 4 is 6.09 Å². The Morgan fingerprint density at radius 3 is 2.72 bits per heavy atom. The lowest BCUT2D eigenvalue weighted by Gasteiger charge is -2.07. The average molecular weight is 251 g/mol. The highest BCUT2D eigenvalue weighted by atomic mass is 16.5. The number of carbonyl (C=O) groups is 1. The Kier molecular flexibility index (Phi) is 7.64. The summed E-state index contributed by atoms with van der Waals surface area (Å²) < 4.78 is 10.4. The van der Waals surface area contributed by atoms with E-state index in [1.807, 2.05) is 30.3 Å². The summed E-state index contributed by atoms with van der Waals surface area (Å²) in [5.74, 6) is 0. The molecule has 0 radical (unpaired) electrons. The molecule has 1 amide bonds. The number of amides is 1. The van der Waals surface area contributed by atoms with Gasteiger partial charge < -0.3 is 14.8 Å². The van der Waals surface area contributed by atoms with Gasteiger partial charge in [0.05, 0.1) is 19.8 Å². The minimum Gasteiger partial charge on any atom is -0.450 e. The smallest absolute Gasteiger partial charge is 0.407 e. The van der Waals surface area contributed by atoms with Crippen molar-refractivity contribution in [2.24, 2.45) is 0 Å². The van der Waals surface area contributed by atoms with Crippen LogP contribution in [-0.4, -0.2) is 25.9 Å². The van der Waals surface area contributed by atoms with Gasteiger partial charge in [0.2, 0.25) is 0 Å². The van der Waals surface area contributed by atoms with Crippen molar-refractivity contribution in [3.63, 3.8) is 0 Å². The predicted molar refractivity (Wildman–Crippen MR) is 70.4 cm³/mol. The highest BCUT2D eigenvalue weighted by Crippen LogP contribution is 1.99. The van der Waals surface area contributed by atoms with Gasteiger partial charge in [-0.1, -0.05) is 43.7 Å². The van der Waals surface area contributed by atoms with E-state index in [1.54, 1.807) is 0 Å². The van der Waals surface area contributed by atoms with Gasteiger partial charge in [-0.3, -0.25) is 0 Å². The molecular weight excluding hydrogens is 230 g/mol. The summed E-state index contributed by atoms with van der Waals surface area (Å²) in [4.78, 5) is 11.2. The molecule has 1 aromatic rings. The second-order valence-corrected chi connectivity index (χ2v) is 3.95. The van der Waals surface area contributed by atoms with Gasteiger partial charge in [-0.2, -0.15) is 0 Å². The number of nitrogens with one attached hydrogen (secondary N) is 1. The van der Waals surface area contributed by atoms with Gasteiger partial charge in [0.1, 0.15) is 0 Å². The zero-order valence-corrected chi connectivity index (χ0v) is 10.9. The van der Waals surface area contributed by atoms with Crippen LogP contribution in [0, 0.1) is 0 Å². The van der Waals surface area contributed by atoms with Crippen molar-refractivity contribution in [3.8, 4) is 0 Å². The molecule has 0 aliphatic rings. The van der Waals surface area contributed by atoms with Crippen molar-refractivity contribution in [1.82, 2.24) is 5.32 Å². The molecule has 0 aliphatic carbocycles. The van der Waals surface area contributed by atoms with E-state index >= 15 is 0 Å². The molecule has 0 saturated heterocycles. The van der Waals surface area contributed by atoms with E-state index in [0.717, 1.165) is 18.4 Å². The third-order valence-corrected chi connectivity index (χ3v) is 2.36. The maximum atomic E-state index is 11.2. The maximum absolute atomic E-state index is 11.2. The van der Waals surface area contributed by atoms with Crippen LogP contribution in [0.15, 0.2) is 30.3 Å². The van der Waals surface area contributed by atoms with E-state index in [-0.39, 0.29) is 6.09 Å². The van der Waals surface area contributed by atoms with Crippen LogP contribution in [0.4, 0.5) is 4.79 Å². The van der Waals surface area contributed by atoms with Crippen molar-refractivity contribution in [3.05, 3.63) is 35.9 Å². The average Bonchev–Trinajstić information content (AvgIpc) is 2.40. The lowest BCUT2D eigenvalue weighted by Crippen LogP contribution is -2.28. The molecule has 1 rings (SSSR count).